The van der Waals surface area contributed by atoms with Crippen molar-refractivity contribution in [1.29, 1.82) is 0 Å². The lowest BCUT2D eigenvalue weighted by Gasteiger charge is -2.14. The van der Waals surface area contributed by atoms with Gasteiger partial charge in [-0.3, -0.25) is 0 Å². The van der Waals surface area contributed by atoms with E-state index in [-0.39, 0.29) is 11.9 Å². The molecule has 0 radical (unpaired) electrons. The second-order valence-corrected chi connectivity index (χ2v) is 4.69. The molecule has 0 saturated carbocycles. The topological polar surface area (TPSA) is 29.9 Å². The summed E-state index contributed by atoms with van der Waals surface area (Å²) < 4.78 is 14.8. The minimum atomic E-state index is -0.195. The van der Waals surface area contributed by atoms with Gasteiger partial charge in [0.25, 0.3) is 0 Å². The summed E-state index contributed by atoms with van der Waals surface area (Å²) in [6.45, 7) is 4.06. The number of aromatic nitrogens is 2. The van der Waals surface area contributed by atoms with Crippen molar-refractivity contribution in [3.8, 4) is 0 Å². The highest BCUT2D eigenvalue weighted by molar-refractivity contribution is 5.30. The fourth-order valence-corrected chi connectivity index (χ4v) is 2.00. The predicted molar refractivity (Wildman–Crippen MR) is 71.1 cm³/mol. The zero-order chi connectivity index (χ0) is 13.1. The first-order chi connectivity index (χ1) is 8.54. The van der Waals surface area contributed by atoms with Crippen LogP contribution < -0.4 is 5.32 Å². The number of hydrogen-bond donors (Lipinski definition) is 1. The van der Waals surface area contributed by atoms with E-state index in [0.29, 0.717) is 0 Å². The molecule has 0 aliphatic carbocycles. The molecule has 0 aliphatic rings. The summed E-state index contributed by atoms with van der Waals surface area (Å²) in [5.74, 6) is 0.668. The predicted octanol–water partition coefficient (Wildman–Crippen LogP) is 2.91. The summed E-state index contributed by atoms with van der Waals surface area (Å²) >= 11 is 0. The first-order valence-corrected chi connectivity index (χ1v) is 6.05. The summed E-state index contributed by atoms with van der Waals surface area (Å²) in [4.78, 5) is 4.40. The highest BCUT2D eigenvalue weighted by Crippen LogP contribution is 2.11. The van der Waals surface area contributed by atoms with Gasteiger partial charge in [-0.15, -0.1) is 0 Å². The standard InChI is InChI=1S/C14H18FN3/c1-10(8-12-4-6-13(15)7-5-12)16-14-17-11(2)9-18(14)3/h4-7,9-10H,8H2,1-3H3,(H,16,17). The van der Waals surface area contributed by atoms with E-state index < -0.39 is 0 Å². The van der Waals surface area contributed by atoms with E-state index in [2.05, 4.69) is 17.2 Å². The van der Waals surface area contributed by atoms with Crippen LogP contribution >= 0.6 is 0 Å². The molecule has 1 aromatic heterocycles. The van der Waals surface area contributed by atoms with Gasteiger partial charge in [-0.05, 0) is 38.0 Å². The second-order valence-electron chi connectivity index (χ2n) is 4.69. The van der Waals surface area contributed by atoms with E-state index in [1.54, 1.807) is 0 Å². The highest BCUT2D eigenvalue weighted by atomic mass is 19.1. The molecular formula is C14H18FN3. The Morgan fingerprint density at radius 3 is 2.56 bits per heavy atom. The lowest BCUT2D eigenvalue weighted by molar-refractivity contribution is 0.626. The van der Waals surface area contributed by atoms with Crippen LogP contribution in [0.15, 0.2) is 30.5 Å². The summed E-state index contributed by atoms with van der Waals surface area (Å²) in [7, 11) is 1.97. The Kier molecular flexibility index (Phi) is 3.65. The van der Waals surface area contributed by atoms with Crippen LogP contribution in [0.25, 0.3) is 0 Å². The van der Waals surface area contributed by atoms with Gasteiger partial charge in [-0.1, -0.05) is 12.1 Å². The zero-order valence-corrected chi connectivity index (χ0v) is 10.9. The SMILES string of the molecule is Cc1cn(C)c(NC(C)Cc2ccc(F)cc2)n1. The molecule has 0 aliphatic heterocycles. The maximum absolute atomic E-state index is 12.8. The molecule has 1 unspecified atom stereocenters. The second kappa shape index (κ2) is 5.21. The number of hydrogen-bond acceptors (Lipinski definition) is 2. The average molecular weight is 247 g/mol. The van der Waals surface area contributed by atoms with Crippen LogP contribution in [0.5, 0.6) is 0 Å². The highest BCUT2D eigenvalue weighted by Gasteiger charge is 2.07. The molecule has 1 aromatic carbocycles. The molecule has 0 spiro atoms. The van der Waals surface area contributed by atoms with E-state index in [1.807, 2.05) is 36.9 Å². The summed E-state index contributed by atoms with van der Waals surface area (Å²) in [6, 6.07) is 6.87. The molecule has 1 N–H and O–H groups in total. The number of rotatable bonds is 4. The van der Waals surface area contributed by atoms with E-state index >= 15 is 0 Å². The lowest BCUT2D eigenvalue weighted by Crippen LogP contribution is -2.20. The maximum atomic E-state index is 12.8. The molecule has 1 heterocycles. The maximum Gasteiger partial charge on any atom is 0.202 e. The van der Waals surface area contributed by atoms with Crippen molar-refractivity contribution >= 4 is 5.95 Å². The normalized spacial score (nSPS) is 12.4. The lowest BCUT2D eigenvalue weighted by atomic mass is 10.1. The Labute approximate surface area is 107 Å². The fourth-order valence-electron chi connectivity index (χ4n) is 2.00. The van der Waals surface area contributed by atoms with Gasteiger partial charge in [0.15, 0.2) is 0 Å². The van der Waals surface area contributed by atoms with Gasteiger partial charge in [0, 0.05) is 19.3 Å². The van der Waals surface area contributed by atoms with Crippen molar-refractivity contribution in [3.05, 3.63) is 47.5 Å². The van der Waals surface area contributed by atoms with Crippen LogP contribution in [-0.2, 0) is 13.5 Å². The number of nitrogens with zero attached hydrogens (tertiary/aromatic N) is 2. The fraction of sp³-hybridized carbons (Fsp3) is 0.357. The molecule has 1 atom stereocenters. The van der Waals surface area contributed by atoms with Crippen molar-refractivity contribution in [1.82, 2.24) is 9.55 Å². The van der Waals surface area contributed by atoms with Gasteiger partial charge in [0.2, 0.25) is 5.95 Å². The number of anilines is 1. The molecule has 18 heavy (non-hydrogen) atoms. The van der Waals surface area contributed by atoms with Crippen molar-refractivity contribution in [3.63, 3.8) is 0 Å². The van der Waals surface area contributed by atoms with Crippen LogP contribution in [0.4, 0.5) is 10.3 Å². The van der Waals surface area contributed by atoms with Gasteiger partial charge in [0.1, 0.15) is 5.82 Å². The van der Waals surface area contributed by atoms with Crippen molar-refractivity contribution in [2.24, 2.45) is 7.05 Å². The van der Waals surface area contributed by atoms with E-state index in [0.717, 1.165) is 23.6 Å². The minimum absolute atomic E-state index is 0.195. The van der Waals surface area contributed by atoms with Crippen LogP contribution in [0, 0.1) is 12.7 Å². The van der Waals surface area contributed by atoms with E-state index in [9.17, 15) is 4.39 Å². The number of aryl methyl sites for hydroxylation is 2. The quantitative estimate of drug-likeness (QED) is 0.900. The third kappa shape index (κ3) is 3.09. The third-order valence-corrected chi connectivity index (χ3v) is 2.83. The Morgan fingerprint density at radius 2 is 2.00 bits per heavy atom. The first kappa shape index (κ1) is 12.6. The molecule has 0 bridgehead atoms. The smallest absolute Gasteiger partial charge is 0.202 e. The number of halogens is 1. The number of imidazole rings is 1. The van der Waals surface area contributed by atoms with Crippen molar-refractivity contribution in [2.75, 3.05) is 5.32 Å². The molecule has 0 fully saturated rings. The molecule has 96 valence electrons. The largest absolute Gasteiger partial charge is 0.353 e. The first-order valence-electron chi connectivity index (χ1n) is 6.05. The Balaban J connectivity index is 1.98. The average Bonchev–Trinajstić information content (AvgIpc) is 2.61. The third-order valence-electron chi connectivity index (χ3n) is 2.83. The van der Waals surface area contributed by atoms with Crippen LogP contribution in [0.1, 0.15) is 18.2 Å². The van der Waals surface area contributed by atoms with Gasteiger partial charge < -0.3 is 9.88 Å². The summed E-state index contributed by atoms with van der Waals surface area (Å²) in [6.07, 6.45) is 2.82. The molecule has 3 nitrogen and oxygen atoms in total. The molecule has 0 saturated heterocycles. The molecular weight excluding hydrogens is 229 g/mol. The molecule has 4 heteroatoms. The summed E-state index contributed by atoms with van der Waals surface area (Å²) in [5.41, 5.74) is 2.11. The van der Waals surface area contributed by atoms with Gasteiger partial charge in [0.05, 0.1) is 5.69 Å². The number of benzene rings is 1. The monoisotopic (exact) mass is 247 g/mol. The van der Waals surface area contributed by atoms with Crippen molar-refractivity contribution in [2.45, 2.75) is 26.3 Å². The summed E-state index contributed by atoms with van der Waals surface area (Å²) in [5, 5.41) is 3.35. The molecule has 2 rings (SSSR count). The Hall–Kier alpha value is -1.84. The van der Waals surface area contributed by atoms with E-state index in [4.69, 9.17) is 0 Å². The van der Waals surface area contributed by atoms with Crippen LogP contribution in [0.3, 0.4) is 0 Å². The Bertz CT molecular complexity index is 516. The van der Waals surface area contributed by atoms with Crippen LogP contribution in [0.2, 0.25) is 0 Å². The molecule has 0 amide bonds. The number of nitrogens with one attached hydrogen (secondary N) is 1. The van der Waals surface area contributed by atoms with Gasteiger partial charge in [-0.2, -0.15) is 0 Å². The molecule has 2 aromatic rings. The minimum Gasteiger partial charge on any atom is -0.353 e. The Morgan fingerprint density at radius 1 is 1.33 bits per heavy atom. The van der Waals surface area contributed by atoms with E-state index in [1.165, 1.54) is 12.1 Å². The van der Waals surface area contributed by atoms with Crippen molar-refractivity contribution < 1.29 is 4.39 Å². The van der Waals surface area contributed by atoms with Gasteiger partial charge in [-0.25, -0.2) is 9.37 Å². The van der Waals surface area contributed by atoms with Gasteiger partial charge >= 0.3 is 0 Å². The zero-order valence-electron chi connectivity index (χ0n) is 10.9. The van der Waals surface area contributed by atoms with Crippen LogP contribution in [-0.4, -0.2) is 15.6 Å².